The van der Waals surface area contributed by atoms with Gasteiger partial charge in [-0.15, -0.1) is 0 Å². The van der Waals surface area contributed by atoms with E-state index in [1.807, 2.05) is 0 Å². The highest BCUT2D eigenvalue weighted by molar-refractivity contribution is 6.30. The largest absolute Gasteiger partial charge is 0.370 e. The SMILES string of the molecule is NC(=O)CCCNCc1cc(F)cc(Cl)c1. The molecular weight excluding hydrogens is 231 g/mol. The van der Waals surface area contributed by atoms with Gasteiger partial charge in [0.2, 0.25) is 5.91 Å². The Morgan fingerprint density at radius 1 is 1.44 bits per heavy atom. The Hall–Kier alpha value is -1.13. The zero-order valence-corrected chi connectivity index (χ0v) is 9.56. The summed E-state index contributed by atoms with van der Waals surface area (Å²) in [5.74, 6) is -0.656. The van der Waals surface area contributed by atoms with Gasteiger partial charge in [-0.1, -0.05) is 11.6 Å². The first-order valence-corrected chi connectivity index (χ1v) is 5.39. The quantitative estimate of drug-likeness (QED) is 0.751. The first-order valence-electron chi connectivity index (χ1n) is 5.02. The second kappa shape index (κ2) is 6.45. The molecule has 0 spiro atoms. The Balaban J connectivity index is 2.29. The van der Waals surface area contributed by atoms with Gasteiger partial charge in [-0.3, -0.25) is 4.79 Å². The number of hydrogen-bond acceptors (Lipinski definition) is 2. The minimum atomic E-state index is -0.346. The van der Waals surface area contributed by atoms with E-state index in [0.717, 1.165) is 5.56 Å². The number of carbonyl (C=O) groups is 1. The molecule has 0 aliphatic carbocycles. The molecule has 0 unspecified atom stereocenters. The standard InChI is InChI=1S/C11H14ClFN2O/c12-9-4-8(5-10(13)6-9)7-15-3-1-2-11(14)16/h4-6,15H,1-3,7H2,(H2,14,16). The molecule has 0 fully saturated rings. The third kappa shape index (κ3) is 5.09. The van der Waals surface area contributed by atoms with Crippen LogP contribution >= 0.6 is 11.6 Å². The molecule has 0 saturated heterocycles. The zero-order chi connectivity index (χ0) is 12.0. The minimum Gasteiger partial charge on any atom is -0.370 e. The molecule has 0 heterocycles. The van der Waals surface area contributed by atoms with E-state index in [-0.39, 0.29) is 11.7 Å². The average Bonchev–Trinajstić information content (AvgIpc) is 2.15. The summed E-state index contributed by atoms with van der Waals surface area (Å²) in [4.78, 5) is 10.4. The summed E-state index contributed by atoms with van der Waals surface area (Å²) in [6.45, 7) is 1.19. The number of nitrogens with one attached hydrogen (secondary N) is 1. The molecule has 3 N–H and O–H groups in total. The molecule has 1 aromatic carbocycles. The van der Waals surface area contributed by atoms with Crippen LogP contribution in [-0.2, 0) is 11.3 Å². The lowest BCUT2D eigenvalue weighted by Gasteiger charge is -2.04. The minimum absolute atomic E-state index is 0.310. The van der Waals surface area contributed by atoms with Gasteiger partial charge in [0.1, 0.15) is 5.82 Å². The van der Waals surface area contributed by atoms with E-state index >= 15 is 0 Å². The Morgan fingerprint density at radius 3 is 2.81 bits per heavy atom. The van der Waals surface area contributed by atoms with Crippen molar-refractivity contribution in [3.63, 3.8) is 0 Å². The second-order valence-electron chi connectivity index (χ2n) is 3.52. The molecule has 1 rings (SSSR count). The van der Waals surface area contributed by atoms with Crippen LogP contribution in [0.4, 0.5) is 4.39 Å². The van der Waals surface area contributed by atoms with Crippen LogP contribution in [0.25, 0.3) is 0 Å². The summed E-state index contributed by atoms with van der Waals surface area (Å²) < 4.78 is 12.9. The number of hydrogen-bond donors (Lipinski definition) is 2. The normalized spacial score (nSPS) is 10.4. The van der Waals surface area contributed by atoms with Crippen LogP contribution in [0.2, 0.25) is 5.02 Å². The summed E-state index contributed by atoms with van der Waals surface area (Å²) in [5.41, 5.74) is 5.77. The highest BCUT2D eigenvalue weighted by atomic mass is 35.5. The Kier molecular flexibility index (Phi) is 5.22. The van der Waals surface area contributed by atoms with Crippen LogP contribution in [0.5, 0.6) is 0 Å². The van der Waals surface area contributed by atoms with E-state index in [4.69, 9.17) is 17.3 Å². The summed E-state index contributed by atoms with van der Waals surface area (Å²) in [6.07, 6.45) is 1.04. The summed E-state index contributed by atoms with van der Waals surface area (Å²) in [6, 6.07) is 4.39. The van der Waals surface area contributed by atoms with Gasteiger partial charge in [0.15, 0.2) is 0 Å². The monoisotopic (exact) mass is 244 g/mol. The molecule has 0 aliphatic rings. The maximum absolute atomic E-state index is 12.9. The molecule has 5 heteroatoms. The molecule has 88 valence electrons. The maximum Gasteiger partial charge on any atom is 0.217 e. The second-order valence-corrected chi connectivity index (χ2v) is 3.96. The van der Waals surface area contributed by atoms with Crippen molar-refractivity contribution in [3.05, 3.63) is 34.6 Å². The first-order chi connectivity index (χ1) is 7.58. The van der Waals surface area contributed by atoms with E-state index < -0.39 is 0 Å². The first kappa shape index (κ1) is 12.9. The molecule has 0 atom stereocenters. The third-order valence-corrected chi connectivity index (χ3v) is 2.25. The summed E-state index contributed by atoms with van der Waals surface area (Å²) in [7, 11) is 0. The van der Waals surface area contributed by atoms with Crippen LogP contribution in [0, 0.1) is 5.82 Å². The molecular formula is C11H14ClFN2O. The van der Waals surface area contributed by atoms with Gasteiger partial charge in [0.05, 0.1) is 0 Å². The highest BCUT2D eigenvalue weighted by Gasteiger charge is 1.99. The molecule has 0 radical (unpaired) electrons. The number of amides is 1. The lowest BCUT2D eigenvalue weighted by molar-refractivity contribution is -0.118. The zero-order valence-electron chi connectivity index (χ0n) is 8.80. The Bertz CT molecular complexity index is 351. The Labute approximate surface area is 98.8 Å². The Morgan fingerprint density at radius 2 is 2.19 bits per heavy atom. The van der Waals surface area contributed by atoms with Crippen LogP contribution in [-0.4, -0.2) is 12.5 Å². The third-order valence-electron chi connectivity index (χ3n) is 2.03. The van der Waals surface area contributed by atoms with E-state index in [2.05, 4.69) is 5.32 Å². The molecule has 0 saturated carbocycles. The van der Waals surface area contributed by atoms with E-state index in [0.29, 0.717) is 31.0 Å². The predicted octanol–water partition coefficient (Wildman–Crippen LogP) is 1.83. The van der Waals surface area contributed by atoms with E-state index in [9.17, 15) is 9.18 Å². The van der Waals surface area contributed by atoms with Gasteiger partial charge < -0.3 is 11.1 Å². The maximum atomic E-state index is 12.9. The number of halogens is 2. The molecule has 16 heavy (non-hydrogen) atoms. The van der Waals surface area contributed by atoms with E-state index in [1.54, 1.807) is 6.07 Å². The lowest BCUT2D eigenvalue weighted by Crippen LogP contribution is -2.18. The molecule has 1 amide bonds. The highest BCUT2D eigenvalue weighted by Crippen LogP contribution is 2.13. The molecule has 0 bridgehead atoms. The van der Waals surface area contributed by atoms with Crippen molar-refractivity contribution in [2.24, 2.45) is 5.73 Å². The van der Waals surface area contributed by atoms with Crippen molar-refractivity contribution < 1.29 is 9.18 Å². The van der Waals surface area contributed by atoms with Crippen LogP contribution in [0.3, 0.4) is 0 Å². The number of carbonyl (C=O) groups excluding carboxylic acids is 1. The molecule has 1 aromatic rings. The number of rotatable bonds is 6. The molecule has 0 aromatic heterocycles. The summed E-state index contributed by atoms with van der Waals surface area (Å²) >= 11 is 5.70. The average molecular weight is 245 g/mol. The number of primary amides is 1. The molecule has 3 nitrogen and oxygen atoms in total. The lowest BCUT2D eigenvalue weighted by atomic mass is 10.2. The van der Waals surface area contributed by atoms with Crippen molar-refractivity contribution in [1.29, 1.82) is 0 Å². The topological polar surface area (TPSA) is 55.1 Å². The summed E-state index contributed by atoms with van der Waals surface area (Å²) in [5, 5.41) is 3.46. The van der Waals surface area contributed by atoms with E-state index in [1.165, 1.54) is 12.1 Å². The van der Waals surface area contributed by atoms with Crippen LogP contribution in [0.15, 0.2) is 18.2 Å². The van der Waals surface area contributed by atoms with Crippen LogP contribution < -0.4 is 11.1 Å². The van der Waals surface area contributed by atoms with Crippen molar-refractivity contribution in [2.75, 3.05) is 6.54 Å². The fourth-order valence-electron chi connectivity index (χ4n) is 1.33. The van der Waals surface area contributed by atoms with Gasteiger partial charge in [-0.05, 0) is 36.7 Å². The van der Waals surface area contributed by atoms with Gasteiger partial charge >= 0.3 is 0 Å². The fraction of sp³-hybridized carbons (Fsp3) is 0.364. The predicted molar refractivity (Wildman–Crippen MR) is 61.5 cm³/mol. The van der Waals surface area contributed by atoms with Gasteiger partial charge in [-0.2, -0.15) is 0 Å². The van der Waals surface area contributed by atoms with Crippen molar-refractivity contribution in [1.82, 2.24) is 5.32 Å². The van der Waals surface area contributed by atoms with Crippen molar-refractivity contribution in [3.8, 4) is 0 Å². The number of nitrogens with two attached hydrogens (primary N) is 1. The molecule has 0 aliphatic heterocycles. The van der Waals surface area contributed by atoms with Gasteiger partial charge in [0.25, 0.3) is 0 Å². The van der Waals surface area contributed by atoms with Crippen LogP contribution in [0.1, 0.15) is 18.4 Å². The van der Waals surface area contributed by atoms with Gasteiger partial charge in [0, 0.05) is 18.0 Å². The smallest absolute Gasteiger partial charge is 0.217 e. The van der Waals surface area contributed by atoms with Crippen molar-refractivity contribution in [2.45, 2.75) is 19.4 Å². The number of benzene rings is 1. The van der Waals surface area contributed by atoms with Gasteiger partial charge in [-0.25, -0.2) is 4.39 Å². The fourth-order valence-corrected chi connectivity index (χ4v) is 1.58. The van der Waals surface area contributed by atoms with Crippen molar-refractivity contribution >= 4 is 17.5 Å².